The summed E-state index contributed by atoms with van der Waals surface area (Å²) in [5.74, 6) is -0.238. The molecule has 84 valence electrons. The Morgan fingerprint density at radius 3 is 3.06 bits per heavy atom. The number of pyridine rings is 1. The highest BCUT2D eigenvalue weighted by Crippen LogP contribution is 2.31. The molecule has 2 fully saturated rings. The summed E-state index contributed by atoms with van der Waals surface area (Å²) in [7, 11) is 0. The van der Waals surface area contributed by atoms with Crippen molar-refractivity contribution < 1.29 is 14.6 Å². The molecule has 2 aliphatic rings. The van der Waals surface area contributed by atoms with Gasteiger partial charge in [-0.1, -0.05) is 6.07 Å². The summed E-state index contributed by atoms with van der Waals surface area (Å²) in [6.07, 6.45) is 1.32. The average Bonchev–Trinajstić information content (AvgIpc) is 2.91. The molecule has 0 aliphatic carbocycles. The van der Waals surface area contributed by atoms with Gasteiger partial charge in [0.1, 0.15) is 5.82 Å². The number of carboxylic acid groups (broad SMARTS) is 1. The van der Waals surface area contributed by atoms with Gasteiger partial charge < -0.3 is 14.7 Å². The van der Waals surface area contributed by atoms with Crippen LogP contribution in [0, 0.1) is 0 Å². The summed E-state index contributed by atoms with van der Waals surface area (Å²) >= 11 is 0. The van der Waals surface area contributed by atoms with E-state index in [9.17, 15) is 4.79 Å². The number of hydrogen-bond donors (Lipinski definition) is 1. The van der Waals surface area contributed by atoms with E-state index < -0.39 is 5.97 Å². The van der Waals surface area contributed by atoms with E-state index in [4.69, 9.17) is 9.84 Å². The van der Waals surface area contributed by atoms with Gasteiger partial charge in [0.25, 0.3) is 0 Å². The van der Waals surface area contributed by atoms with E-state index in [-0.39, 0.29) is 5.69 Å². The summed E-state index contributed by atoms with van der Waals surface area (Å²) < 4.78 is 5.50. The highest BCUT2D eigenvalue weighted by molar-refractivity contribution is 5.85. The van der Waals surface area contributed by atoms with Gasteiger partial charge in [-0.15, -0.1) is 0 Å². The average molecular weight is 220 g/mol. The molecular formula is C11H12N2O3. The lowest BCUT2D eigenvalue weighted by atomic mass is 10.2. The second-order valence-electron chi connectivity index (χ2n) is 4.18. The minimum atomic E-state index is -0.984. The van der Waals surface area contributed by atoms with E-state index >= 15 is 0 Å². The Labute approximate surface area is 92.7 Å². The molecule has 1 aromatic rings. The van der Waals surface area contributed by atoms with Crippen molar-refractivity contribution in [3.8, 4) is 0 Å². The number of morpholine rings is 1. The van der Waals surface area contributed by atoms with Crippen molar-refractivity contribution in [3.05, 3.63) is 23.9 Å². The first kappa shape index (κ1) is 9.59. The lowest BCUT2D eigenvalue weighted by Crippen LogP contribution is -2.37. The van der Waals surface area contributed by atoms with Crippen LogP contribution < -0.4 is 4.90 Å². The number of ether oxygens (including phenoxy) is 1. The Morgan fingerprint density at radius 1 is 1.56 bits per heavy atom. The maximum absolute atomic E-state index is 10.8. The van der Waals surface area contributed by atoms with Gasteiger partial charge in [0, 0.05) is 6.54 Å². The lowest BCUT2D eigenvalue weighted by molar-refractivity contribution is 0.0690. The van der Waals surface area contributed by atoms with E-state index in [1.54, 1.807) is 6.07 Å². The van der Waals surface area contributed by atoms with Gasteiger partial charge in [-0.2, -0.15) is 0 Å². The molecule has 5 nitrogen and oxygen atoms in total. The third-order valence-corrected chi connectivity index (χ3v) is 3.15. The van der Waals surface area contributed by atoms with Crippen LogP contribution >= 0.6 is 0 Å². The first-order valence-corrected chi connectivity index (χ1v) is 5.32. The summed E-state index contributed by atoms with van der Waals surface area (Å²) in [4.78, 5) is 17.1. The molecule has 2 aliphatic heterocycles. The molecule has 2 saturated heterocycles. The molecule has 0 saturated carbocycles. The molecule has 2 atom stereocenters. The normalized spacial score (nSPS) is 27.4. The third-order valence-electron chi connectivity index (χ3n) is 3.15. The Hall–Kier alpha value is -1.62. The van der Waals surface area contributed by atoms with Crippen molar-refractivity contribution in [1.29, 1.82) is 0 Å². The molecule has 0 radical (unpaired) electrons. The van der Waals surface area contributed by atoms with Crippen molar-refractivity contribution in [2.24, 2.45) is 0 Å². The molecule has 1 N–H and O–H groups in total. The molecule has 3 rings (SSSR count). The van der Waals surface area contributed by atoms with Crippen molar-refractivity contribution >= 4 is 11.8 Å². The molecule has 0 amide bonds. The molecule has 1 aromatic heterocycles. The number of nitrogens with zero attached hydrogens (tertiary/aromatic N) is 2. The minimum Gasteiger partial charge on any atom is -0.477 e. The second kappa shape index (κ2) is 3.45. The van der Waals surface area contributed by atoms with Crippen LogP contribution in [-0.4, -0.2) is 41.4 Å². The minimum absolute atomic E-state index is 0.0983. The first-order chi connectivity index (χ1) is 7.74. The van der Waals surface area contributed by atoms with Crippen LogP contribution in [0.2, 0.25) is 0 Å². The summed E-state index contributed by atoms with van der Waals surface area (Å²) in [6.45, 7) is 1.55. The maximum atomic E-state index is 10.8. The van der Waals surface area contributed by atoms with Crippen LogP contribution in [0.1, 0.15) is 16.9 Å². The molecule has 16 heavy (non-hydrogen) atoms. The summed E-state index contributed by atoms with van der Waals surface area (Å²) in [5.41, 5.74) is 0.0983. The fourth-order valence-electron chi connectivity index (χ4n) is 2.38. The number of fused-ring (bicyclic) bond motifs is 2. The topological polar surface area (TPSA) is 62.7 Å². The number of hydrogen-bond acceptors (Lipinski definition) is 4. The maximum Gasteiger partial charge on any atom is 0.354 e. The number of aromatic carboxylic acids is 1. The number of anilines is 1. The SMILES string of the molecule is O=C(O)c1cccc(N2C[C@H]3C[C@@H]2CO3)n1. The zero-order valence-corrected chi connectivity index (χ0v) is 8.67. The quantitative estimate of drug-likeness (QED) is 0.797. The van der Waals surface area contributed by atoms with Gasteiger partial charge in [0.15, 0.2) is 5.69 Å². The van der Waals surface area contributed by atoms with Gasteiger partial charge in [-0.25, -0.2) is 9.78 Å². The molecule has 0 spiro atoms. The van der Waals surface area contributed by atoms with Crippen molar-refractivity contribution in [2.75, 3.05) is 18.1 Å². The number of carboxylic acids is 1. The second-order valence-corrected chi connectivity index (χ2v) is 4.18. The molecule has 0 aromatic carbocycles. The standard InChI is InChI=1S/C11H12N2O3/c14-11(15)9-2-1-3-10(12-9)13-5-8-4-7(13)6-16-8/h1-3,7-8H,4-6H2,(H,14,15)/t7-,8-/m1/s1. The van der Waals surface area contributed by atoms with Crippen LogP contribution in [-0.2, 0) is 4.74 Å². The monoisotopic (exact) mass is 220 g/mol. The molecular weight excluding hydrogens is 208 g/mol. The Kier molecular flexibility index (Phi) is 2.07. The van der Waals surface area contributed by atoms with Crippen LogP contribution in [0.4, 0.5) is 5.82 Å². The molecule has 5 heteroatoms. The molecule has 2 bridgehead atoms. The van der Waals surface area contributed by atoms with Crippen LogP contribution in [0.5, 0.6) is 0 Å². The van der Waals surface area contributed by atoms with Crippen LogP contribution in [0.25, 0.3) is 0 Å². The van der Waals surface area contributed by atoms with Gasteiger partial charge in [-0.05, 0) is 18.6 Å². The Balaban J connectivity index is 1.89. The van der Waals surface area contributed by atoms with E-state index in [1.807, 2.05) is 6.07 Å². The zero-order valence-electron chi connectivity index (χ0n) is 8.67. The first-order valence-electron chi connectivity index (χ1n) is 5.32. The largest absolute Gasteiger partial charge is 0.477 e. The predicted molar refractivity (Wildman–Crippen MR) is 56.7 cm³/mol. The lowest BCUT2D eigenvalue weighted by Gasteiger charge is -2.27. The number of rotatable bonds is 2. The van der Waals surface area contributed by atoms with Crippen LogP contribution in [0.15, 0.2) is 18.2 Å². The van der Waals surface area contributed by atoms with E-state index in [0.29, 0.717) is 12.1 Å². The number of carbonyl (C=O) groups is 1. The van der Waals surface area contributed by atoms with Crippen molar-refractivity contribution in [3.63, 3.8) is 0 Å². The summed E-state index contributed by atoms with van der Waals surface area (Å²) in [5, 5.41) is 8.88. The van der Waals surface area contributed by atoms with Crippen molar-refractivity contribution in [1.82, 2.24) is 4.98 Å². The highest BCUT2D eigenvalue weighted by atomic mass is 16.5. The van der Waals surface area contributed by atoms with Gasteiger partial charge in [0.2, 0.25) is 0 Å². The molecule has 0 unspecified atom stereocenters. The van der Waals surface area contributed by atoms with Gasteiger partial charge >= 0.3 is 5.97 Å². The Morgan fingerprint density at radius 2 is 2.44 bits per heavy atom. The van der Waals surface area contributed by atoms with Crippen LogP contribution in [0.3, 0.4) is 0 Å². The fraction of sp³-hybridized carbons (Fsp3) is 0.455. The van der Waals surface area contributed by atoms with Gasteiger partial charge in [0.05, 0.1) is 18.8 Å². The predicted octanol–water partition coefficient (Wildman–Crippen LogP) is 0.757. The zero-order chi connectivity index (χ0) is 11.1. The van der Waals surface area contributed by atoms with Crippen molar-refractivity contribution in [2.45, 2.75) is 18.6 Å². The third kappa shape index (κ3) is 1.44. The Bertz CT molecular complexity index is 435. The molecule has 3 heterocycles. The fourth-order valence-corrected chi connectivity index (χ4v) is 2.38. The number of aromatic nitrogens is 1. The smallest absolute Gasteiger partial charge is 0.354 e. The highest BCUT2D eigenvalue weighted by Gasteiger charge is 2.39. The van der Waals surface area contributed by atoms with E-state index in [2.05, 4.69) is 9.88 Å². The summed E-state index contributed by atoms with van der Waals surface area (Å²) in [6, 6.07) is 5.46. The van der Waals surface area contributed by atoms with E-state index in [1.165, 1.54) is 6.07 Å². The van der Waals surface area contributed by atoms with E-state index in [0.717, 1.165) is 25.4 Å². The van der Waals surface area contributed by atoms with Gasteiger partial charge in [-0.3, -0.25) is 0 Å².